The second kappa shape index (κ2) is 10.2. The third kappa shape index (κ3) is 5.69. The summed E-state index contributed by atoms with van der Waals surface area (Å²) in [5, 5.41) is 8.42. The summed E-state index contributed by atoms with van der Waals surface area (Å²) < 4.78 is 5.44. The number of esters is 1. The quantitative estimate of drug-likeness (QED) is 0.183. The number of halogens is 2. The molecule has 0 spiro atoms. The Morgan fingerprint density at radius 3 is 2.48 bits per heavy atom. The van der Waals surface area contributed by atoms with Crippen molar-refractivity contribution >= 4 is 63.7 Å². The maximum absolute atomic E-state index is 12.2. The summed E-state index contributed by atoms with van der Waals surface area (Å²) in [5.74, 6) is -2.22. The summed E-state index contributed by atoms with van der Waals surface area (Å²) in [5.41, 5.74) is 3.17. The molecular formula is C21H15Cl2N3O4S. The molecule has 2 N–H and O–H groups in total. The van der Waals surface area contributed by atoms with E-state index in [2.05, 4.69) is 15.8 Å². The van der Waals surface area contributed by atoms with Gasteiger partial charge in [0.25, 0.3) is 0 Å². The van der Waals surface area contributed by atoms with Crippen LogP contribution in [0.5, 0.6) is 5.75 Å². The highest BCUT2D eigenvalue weighted by Crippen LogP contribution is 2.29. The van der Waals surface area contributed by atoms with Gasteiger partial charge in [-0.1, -0.05) is 47.5 Å². The molecule has 0 unspecified atom stereocenters. The first kappa shape index (κ1) is 22.5. The van der Waals surface area contributed by atoms with Gasteiger partial charge < -0.3 is 10.1 Å². The molecule has 1 aromatic heterocycles. The zero-order valence-corrected chi connectivity index (χ0v) is 18.3. The zero-order valence-electron chi connectivity index (χ0n) is 16.0. The van der Waals surface area contributed by atoms with Crippen LogP contribution in [-0.2, 0) is 9.59 Å². The van der Waals surface area contributed by atoms with E-state index in [-0.39, 0.29) is 21.5 Å². The van der Waals surface area contributed by atoms with Gasteiger partial charge in [0.15, 0.2) is 0 Å². The lowest BCUT2D eigenvalue weighted by molar-refractivity contribution is -0.136. The van der Waals surface area contributed by atoms with Gasteiger partial charge in [-0.3, -0.25) is 9.59 Å². The molecule has 0 fully saturated rings. The molecule has 0 bridgehead atoms. The van der Waals surface area contributed by atoms with Gasteiger partial charge in [-0.25, -0.2) is 10.2 Å². The maximum Gasteiger partial charge on any atom is 0.353 e. The third-order valence-electron chi connectivity index (χ3n) is 3.93. The minimum absolute atomic E-state index is 0.117. The molecule has 31 heavy (non-hydrogen) atoms. The molecular weight excluding hydrogens is 461 g/mol. The molecule has 0 radical (unpaired) electrons. The van der Waals surface area contributed by atoms with Gasteiger partial charge in [0.2, 0.25) is 0 Å². The summed E-state index contributed by atoms with van der Waals surface area (Å²) in [7, 11) is 0. The molecule has 3 aromatic rings. The summed E-state index contributed by atoms with van der Waals surface area (Å²) in [4.78, 5) is 36.9. The standard InChI is InChI=1S/C21H15Cl2N3O4S/c1-12(13-6-2-3-9-16(13)30-21(29)17-10-5-11-31-17)25-26-20(28)19(27)24-15-8-4-7-14(22)18(15)23/h2-11H,1H3,(H,24,27)(H,26,28)/b25-12+. The van der Waals surface area contributed by atoms with Crippen LogP contribution in [0, 0.1) is 0 Å². The van der Waals surface area contributed by atoms with E-state index in [1.54, 1.807) is 60.8 Å². The number of carbonyl (C=O) groups excluding carboxylic acids is 3. The number of nitrogens with one attached hydrogen (secondary N) is 2. The Labute approximate surface area is 191 Å². The molecule has 0 saturated carbocycles. The number of para-hydroxylation sites is 1. The van der Waals surface area contributed by atoms with Crippen molar-refractivity contribution in [2.24, 2.45) is 5.10 Å². The number of amides is 2. The maximum atomic E-state index is 12.2. The summed E-state index contributed by atoms with van der Waals surface area (Å²) in [6, 6.07) is 14.8. The van der Waals surface area contributed by atoms with Crippen molar-refractivity contribution in [1.82, 2.24) is 5.43 Å². The van der Waals surface area contributed by atoms with E-state index in [0.717, 1.165) is 0 Å². The van der Waals surface area contributed by atoms with Crippen LogP contribution in [0.2, 0.25) is 10.0 Å². The van der Waals surface area contributed by atoms with Gasteiger partial charge in [0, 0.05) is 5.56 Å². The minimum atomic E-state index is -1.01. The number of nitrogens with zero attached hydrogens (tertiary/aromatic N) is 1. The van der Waals surface area contributed by atoms with Crippen LogP contribution in [0.25, 0.3) is 0 Å². The predicted molar refractivity (Wildman–Crippen MR) is 121 cm³/mol. The van der Waals surface area contributed by atoms with E-state index in [4.69, 9.17) is 27.9 Å². The van der Waals surface area contributed by atoms with E-state index in [1.807, 2.05) is 0 Å². The van der Waals surface area contributed by atoms with Gasteiger partial charge in [-0.05, 0) is 42.6 Å². The summed E-state index contributed by atoms with van der Waals surface area (Å²) >= 11 is 13.1. The highest BCUT2D eigenvalue weighted by Gasteiger charge is 2.17. The Morgan fingerprint density at radius 1 is 0.968 bits per heavy atom. The van der Waals surface area contributed by atoms with Crippen LogP contribution < -0.4 is 15.5 Å². The van der Waals surface area contributed by atoms with E-state index >= 15 is 0 Å². The van der Waals surface area contributed by atoms with E-state index in [0.29, 0.717) is 16.2 Å². The number of ether oxygens (including phenoxy) is 1. The predicted octanol–water partition coefficient (Wildman–Crippen LogP) is 4.75. The topological polar surface area (TPSA) is 96.9 Å². The molecule has 3 rings (SSSR count). The van der Waals surface area contributed by atoms with Crippen LogP contribution >= 0.6 is 34.5 Å². The molecule has 0 atom stereocenters. The highest BCUT2D eigenvalue weighted by molar-refractivity contribution is 7.12. The second-order valence-electron chi connectivity index (χ2n) is 6.06. The number of anilines is 1. The molecule has 0 saturated heterocycles. The Bertz CT molecular complexity index is 1160. The first-order valence-corrected chi connectivity index (χ1v) is 10.4. The van der Waals surface area contributed by atoms with Crippen molar-refractivity contribution in [3.05, 3.63) is 80.5 Å². The average molecular weight is 476 g/mol. The first-order valence-electron chi connectivity index (χ1n) is 8.81. The van der Waals surface area contributed by atoms with Crippen LogP contribution in [0.4, 0.5) is 5.69 Å². The zero-order chi connectivity index (χ0) is 22.4. The molecule has 2 aromatic carbocycles. The monoisotopic (exact) mass is 475 g/mol. The third-order valence-corrected chi connectivity index (χ3v) is 5.60. The number of thiophene rings is 1. The molecule has 0 aliphatic heterocycles. The lowest BCUT2D eigenvalue weighted by atomic mass is 10.1. The molecule has 0 aliphatic carbocycles. The number of hydrazone groups is 1. The average Bonchev–Trinajstić information content (AvgIpc) is 3.30. The van der Waals surface area contributed by atoms with E-state index in [1.165, 1.54) is 17.4 Å². The molecule has 10 heteroatoms. The first-order chi connectivity index (χ1) is 14.9. The van der Waals surface area contributed by atoms with Crippen LogP contribution in [0.15, 0.2) is 65.1 Å². The van der Waals surface area contributed by atoms with Crippen molar-refractivity contribution in [3.63, 3.8) is 0 Å². The van der Waals surface area contributed by atoms with Crippen molar-refractivity contribution in [2.75, 3.05) is 5.32 Å². The number of benzene rings is 2. The van der Waals surface area contributed by atoms with Gasteiger partial charge >= 0.3 is 17.8 Å². The van der Waals surface area contributed by atoms with Crippen molar-refractivity contribution in [2.45, 2.75) is 6.92 Å². The van der Waals surface area contributed by atoms with Gasteiger partial charge in [0.05, 0.1) is 21.4 Å². The van der Waals surface area contributed by atoms with E-state index in [9.17, 15) is 14.4 Å². The smallest absolute Gasteiger partial charge is 0.353 e. The van der Waals surface area contributed by atoms with Crippen LogP contribution in [-0.4, -0.2) is 23.5 Å². The van der Waals surface area contributed by atoms with Gasteiger partial charge in [-0.2, -0.15) is 5.10 Å². The van der Waals surface area contributed by atoms with Gasteiger partial charge in [-0.15, -0.1) is 11.3 Å². The lowest BCUT2D eigenvalue weighted by Crippen LogP contribution is -2.33. The number of hydrogen-bond acceptors (Lipinski definition) is 6. The Balaban J connectivity index is 1.69. The molecule has 2 amide bonds. The number of rotatable bonds is 5. The minimum Gasteiger partial charge on any atom is -0.422 e. The second-order valence-corrected chi connectivity index (χ2v) is 7.79. The van der Waals surface area contributed by atoms with Gasteiger partial charge in [0.1, 0.15) is 10.6 Å². The molecule has 158 valence electrons. The molecule has 0 aliphatic rings. The molecule has 7 nitrogen and oxygen atoms in total. The number of hydrogen-bond donors (Lipinski definition) is 2. The Kier molecular flexibility index (Phi) is 7.41. The van der Waals surface area contributed by atoms with Crippen molar-refractivity contribution < 1.29 is 19.1 Å². The fourth-order valence-electron chi connectivity index (χ4n) is 2.42. The lowest BCUT2D eigenvalue weighted by Gasteiger charge is -2.10. The number of carbonyl (C=O) groups is 3. The Hall–Kier alpha value is -3.20. The fourth-order valence-corrected chi connectivity index (χ4v) is 3.37. The van der Waals surface area contributed by atoms with Crippen LogP contribution in [0.1, 0.15) is 22.2 Å². The van der Waals surface area contributed by atoms with Crippen molar-refractivity contribution in [3.8, 4) is 5.75 Å². The SMILES string of the molecule is C/C(=N\NC(=O)C(=O)Nc1cccc(Cl)c1Cl)c1ccccc1OC(=O)c1cccs1. The van der Waals surface area contributed by atoms with E-state index < -0.39 is 17.8 Å². The Morgan fingerprint density at radius 2 is 1.74 bits per heavy atom. The highest BCUT2D eigenvalue weighted by atomic mass is 35.5. The van der Waals surface area contributed by atoms with Crippen molar-refractivity contribution in [1.29, 1.82) is 0 Å². The van der Waals surface area contributed by atoms with Crippen LogP contribution in [0.3, 0.4) is 0 Å². The normalized spacial score (nSPS) is 11.0. The summed E-state index contributed by atoms with van der Waals surface area (Å²) in [6.45, 7) is 1.60. The fraction of sp³-hybridized carbons (Fsp3) is 0.0476. The summed E-state index contributed by atoms with van der Waals surface area (Å²) in [6.07, 6.45) is 0. The molecule has 1 heterocycles. The largest absolute Gasteiger partial charge is 0.422 e.